The van der Waals surface area contributed by atoms with Crippen molar-refractivity contribution >= 4 is 39.9 Å². The number of hydrogen-bond donors (Lipinski definition) is 0. The summed E-state index contributed by atoms with van der Waals surface area (Å²) >= 11 is 7.59. The van der Waals surface area contributed by atoms with Crippen molar-refractivity contribution in [3.63, 3.8) is 0 Å². The summed E-state index contributed by atoms with van der Waals surface area (Å²) in [6, 6.07) is 10.0. The topological polar surface area (TPSA) is 77.4 Å². The molecule has 9 heteroatoms. The van der Waals surface area contributed by atoms with Gasteiger partial charge in [0.1, 0.15) is 0 Å². The lowest BCUT2D eigenvalue weighted by Gasteiger charge is -2.33. The van der Waals surface area contributed by atoms with E-state index < -0.39 is 5.97 Å². The molecule has 7 nitrogen and oxygen atoms in total. The molecular formula is C21H21ClN4O3S. The predicted octanol–water partition coefficient (Wildman–Crippen LogP) is 4.35. The molecule has 2 aromatic heterocycles. The van der Waals surface area contributed by atoms with Crippen molar-refractivity contribution in [3.05, 3.63) is 63.2 Å². The van der Waals surface area contributed by atoms with Crippen molar-refractivity contribution in [1.29, 1.82) is 0 Å². The summed E-state index contributed by atoms with van der Waals surface area (Å²) in [6.07, 6.45) is 0.585. The van der Waals surface area contributed by atoms with Gasteiger partial charge >= 0.3 is 5.97 Å². The number of carbonyl (C=O) groups excluding carboxylic acids is 1. The zero-order valence-electron chi connectivity index (χ0n) is 16.7. The third-order valence-corrected chi connectivity index (χ3v) is 6.10. The molecule has 0 N–H and O–H groups in total. The molecule has 0 aliphatic carbocycles. The van der Waals surface area contributed by atoms with E-state index in [1.165, 1.54) is 11.3 Å². The number of nitrogens with zero attached hydrogens (tertiary/aromatic N) is 4. The van der Waals surface area contributed by atoms with Gasteiger partial charge in [-0.3, -0.25) is 4.90 Å². The molecule has 0 unspecified atom stereocenters. The normalized spacial score (nSPS) is 15.7. The minimum absolute atomic E-state index is 0.0911. The summed E-state index contributed by atoms with van der Waals surface area (Å²) in [5.41, 5.74) is 3.25. The Hall–Kier alpha value is -2.55. The molecule has 0 saturated heterocycles. The van der Waals surface area contributed by atoms with E-state index in [9.17, 15) is 4.79 Å². The number of esters is 1. The number of rotatable bonds is 6. The molecule has 30 heavy (non-hydrogen) atoms. The second kappa shape index (κ2) is 9.07. The van der Waals surface area contributed by atoms with Crippen LogP contribution in [-0.2, 0) is 22.5 Å². The molecule has 0 radical (unpaired) electrons. The van der Waals surface area contributed by atoms with Gasteiger partial charge in [0, 0.05) is 17.4 Å². The first-order valence-corrected chi connectivity index (χ1v) is 10.9. The number of carbonyl (C=O) groups is 1. The Labute approximate surface area is 183 Å². The van der Waals surface area contributed by atoms with E-state index in [1.54, 1.807) is 12.3 Å². The summed E-state index contributed by atoms with van der Waals surface area (Å²) in [5.74, 6) is 0.258. The van der Waals surface area contributed by atoms with Gasteiger partial charge in [0.2, 0.25) is 0 Å². The van der Waals surface area contributed by atoms with Gasteiger partial charge in [-0.2, -0.15) is 0 Å². The maximum absolute atomic E-state index is 12.0. The van der Waals surface area contributed by atoms with Gasteiger partial charge in [-0.15, -0.1) is 21.5 Å². The standard InChI is InChI=1S/C21H21ClN4O3S/c1-3-28-20(27)17-12-30-21(23-17)26-10-15(29-11-14-7-5-4-6-8-14)9-16-13(2)18(22)24-25-19(16)26/h4-8,12,15H,3,9-11H2,1-2H3/t15-/m1/s1. The van der Waals surface area contributed by atoms with Crippen molar-refractivity contribution in [3.8, 4) is 0 Å². The Morgan fingerprint density at radius 3 is 2.87 bits per heavy atom. The highest BCUT2D eigenvalue weighted by Gasteiger charge is 2.32. The minimum atomic E-state index is -0.438. The number of hydrogen-bond acceptors (Lipinski definition) is 8. The fourth-order valence-corrected chi connectivity index (χ4v) is 4.28. The molecule has 1 aliphatic heterocycles. The van der Waals surface area contributed by atoms with E-state index in [2.05, 4.69) is 15.2 Å². The number of ether oxygens (including phenoxy) is 2. The Kier molecular flexibility index (Phi) is 6.26. The first-order chi connectivity index (χ1) is 14.6. The van der Waals surface area contributed by atoms with Crippen LogP contribution in [0.2, 0.25) is 5.15 Å². The van der Waals surface area contributed by atoms with Gasteiger partial charge in [0.15, 0.2) is 21.8 Å². The molecule has 0 spiro atoms. The molecule has 0 fully saturated rings. The van der Waals surface area contributed by atoms with E-state index in [0.29, 0.717) is 42.3 Å². The number of fused-ring (bicyclic) bond motifs is 1. The Morgan fingerprint density at radius 1 is 1.30 bits per heavy atom. The smallest absolute Gasteiger partial charge is 0.357 e. The van der Waals surface area contributed by atoms with Crippen molar-refractivity contribution < 1.29 is 14.3 Å². The van der Waals surface area contributed by atoms with Gasteiger partial charge in [-0.25, -0.2) is 9.78 Å². The Balaban J connectivity index is 1.62. The quantitative estimate of drug-likeness (QED) is 0.523. The van der Waals surface area contributed by atoms with Gasteiger partial charge < -0.3 is 9.47 Å². The fourth-order valence-electron chi connectivity index (χ4n) is 3.32. The third kappa shape index (κ3) is 4.30. The summed E-state index contributed by atoms with van der Waals surface area (Å²) < 4.78 is 11.3. The van der Waals surface area contributed by atoms with Crippen LogP contribution in [0, 0.1) is 6.92 Å². The summed E-state index contributed by atoms with van der Waals surface area (Å²) in [6.45, 7) is 5.05. The van der Waals surface area contributed by atoms with Crippen LogP contribution in [0.4, 0.5) is 10.9 Å². The van der Waals surface area contributed by atoms with Gasteiger partial charge in [-0.1, -0.05) is 41.9 Å². The van der Waals surface area contributed by atoms with Crippen LogP contribution in [0.3, 0.4) is 0 Å². The van der Waals surface area contributed by atoms with E-state index in [0.717, 1.165) is 16.7 Å². The molecule has 4 rings (SSSR count). The number of benzene rings is 1. The van der Waals surface area contributed by atoms with Crippen molar-refractivity contribution in [2.45, 2.75) is 33.0 Å². The van der Waals surface area contributed by atoms with Crippen molar-refractivity contribution in [2.75, 3.05) is 18.1 Å². The van der Waals surface area contributed by atoms with Gasteiger partial charge in [-0.05, 0) is 25.0 Å². The van der Waals surface area contributed by atoms with Crippen LogP contribution < -0.4 is 4.90 Å². The van der Waals surface area contributed by atoms with Crippen LogP contribution >= 0.6 is 22.9 Å². The highest BCUT2D eigenvalue weighted by Crippen LogP contribution is 2.37. The predicted molar refractivity (Wildman–Crippen MR) is 116 cm³/mol. The van der Waals surface area contributed by atoms with Crippen LogP contribution in [0.1, 0.15) is 34.1 Å². The molecule has 3 heterocycles. The van der Waals surface area contributed by atoms with Crippen LogP contribution in [0.25, 0.3) is 0 Å². The van der Waals surface area contributed by atoms with Crippen LogP contribution in [0.5, 0.6) is 0 Å². The molecular weight excluding hydrogens is 424 g/mol. The summed E-state index contributed by atoms with van der Waals surface area (Å²) in [7, 11) is 0. The molecule has 0 bridgehead atoms. The number of thiazole rings is 1. The maximum atomic E-state index is 12.0. The minimum Gasteiger partial charge on any atom is -0.461 e. The van der Waals surface area contributed by atoms with Gasteiger partial charge in [0.05, 0.1) is 25.9 Å². The largest absolute Gasteiger partial charge is 0.461 e. The molecule has 1 aromatic carbocycles. The number of halogens is 1. The lowest BCUT2D eigenvalue weighted by molar-refractivity contribution is 0.0440. The lowest BCUT2D eigenvalue weighted by Crippen LogP contribution is -2.38. The highest BCUT2D eigenvalue weighted by molar-refractivity contribution is 7.14. The molecule has 156 valence electrons. The molecule has 1 atom stereocenters. The second-order valence-corrected chi connectivity index (χ2v) is 8.08. The zero-order valence-corrected chi connectivity index (χ0v) is 18.2. The molecule has 0 amide bonds. The first kappa shape index (κ1) is 20.7. The van der Waals surface area contributed by atoms with Crippen LogP contribution in [-0.4, -0.2) is 40.4 Å². The van der Waals surface area contributed by atoms with E-state index >= 15 is 0 Å². The molecule has 1 aliphatic rings. The molecule has 0 saturated carbocycles. The third-order valence-electron chi connectivity index (χ3n) is 4.87. The van der Waals surface area contributed by atoms with E-state index in [4.69, 9.17) is 21.1 Å². The lowest BCUT2D eigenvalue weighted by atomic mass is 10.00. The fraction of sp³-hybridized carbons (Fsp3) is 0.333. The Bertz CT molecular complexity index is 1040. The van der Waals surface area contributed by atoms with E-state index in [-0.39, 0.29) is 11.8 Å². The average Bonchev–Trinajstić information content (AvgIpc) is 3.26. The number of aromatic nitrogens is 3. The monoisotopic (exact) mass is 444 g/mol. The van der Waals surface area contributed by atoms with Gasteiger partial charge in [0.25, 0.3) is 0 Å². The zero-order chi connectivity index (χ0) is 21.1. The second-order valence-electron chi connectivity index (χ2n) is 6.89. The summed E-state index contributed by atoms with van der Waals surface area (Å²) in [4.78, 5) is 18.5. The SMILES string of the molecule is CCOC(=O)c1csc(N2C[C@H](OCc3ccccc3)Cc3c2nnc(Cl)c3C)n1. The van der Waals surface area contributed by atoms with E-state index in [1.807, 2.05) is 42.2 Å². The highest BCUT2D eigenvalue weighted by atomic mass is 35.5. The summed E-state index contributed by atoms with van der Waals surface area (Å²) in [5, 5.41) is 11.1. The Morgan fingerprint density at radius 2 is 2.10 bits per heavy atom. The molecule has 3 aromatic rings. The number of anilines is 2. The average molecular weight is 445 g/mol. The van der Waals surface area contributed by atoms with Crippen molar-refractivity contribution in [2.24, 2.45) is 0 Å². The van der Waals surface area contributed by atoms with Crippen molar-refractivity contribution in [1.82, 2.24) is 15.2 Å². The first-order valence-electron chi connectivity index (χ1n) is 9.64. The van der Waals surface area contributed by atoms with Crippen LogP contribution in [0.15, 0.2) is 35.7 Å². The maximum Gasteiger partial charge on any atom is 0.357 e.